The van der Waals surface area contributed by atoms with Crippen molar-refractivity contribution < 1.29 is 14.3 Å². The normalized spacial score (nSPS) is 14.3. The van der Waals surface area contributed by atoms with Crippen LogP contribution in [-0.4, -0.2) is 48.0 Å². The number of para-hydroxylation sites is 1. The fraction of sp³-hybridized carbons (Fsp3) is 0.238. The number of aromatic amines is 1. The average molecular weight is 442 g/mol. The highest BCUT2D eigenvalue weighted by atomic mass is 79.9. The van der Waals surface area contributed by atoms with Gasteiger partial charge in [0.15, 0.2) is 0 Å². The van der Waals surface area contributed by atoms with Crippen LogP contribution < -0.4 is 5.32 Å². The third kappa shape index (κ3) is 3.43. The Balaban J connectivity index is 1.60. The molecule has 1 aromatic heterocycles. The molecule has 28 heavy (non-hydrogen) atoms. The fourth-order valence-corrected chi connectivity index (χ4v) is 4.01. The largest absolute Gasteiger partial charge is 0.378 e. The molecule has 2 amide bonds. The van der Waals surface area contributed by atoms with Gasteiger partial charge in [0.25, 0.3) is 11.8 Å². The molecule has 1 fully saturated rings. The molecule has 4 rings (SSSR count). The third-order valence-corrected chi connectivity index (χ3v) is 5.80. The second kappa shape index (κ2) is 7.77. The summed E-state index contributed by atoms with van der Waals surface area (Å²) in [5.41, 5.74) is 3.29. The number of fused-ring (bicyclic) bond motifs is 1. The zero-order valence-electron chi connectivity index (χ0n) is 15.4. The molecule has 3 aromatic rings. The lowest BCUT2D eigenvalue weighted by Crippen LogP contribution is -2.41. The number of amides is 2. The van der Waals surface area contributed by atoms with Gasteiger partial charge in [-0.3, -0.25) is 9.59 Å². The van der Waals surface area contributed by atoms with Gasteiger partial charge in [-0.2, -0.15) is 0 Å². The number of H-pyrrole nitrogens is 1. The van der Waals surface area contributed by atoms with Crippen LogP contribution >= 0.6 is 15.9 Å². The van der Waals surface area contributed by atoms with Crippen molar-refractivity contribution in [2.45, 2.75) is 6.92 Å². The molecular weight excluding hydrogens is 422 g/mol. The number of rotatable bonds is 3. The highest BCUT2D eigenvalue weighted by Crippen LogP contribution is 2.29. The average Bonchev–Trinajstić information content (AvgIpc) is 3.07. The summed E-state index contributed by atoms with van der Waals surface area (Å²) in [6, 6.07) is 13.1. The molecule has 1 aliphatic rings. The van der Waals surface area contributed by atoms with Gasteiger partial charge in [0.05, 0.1) is 17.7 Å². The molecule has 2 N–H and O–H groups in total. The van der Waals surface area contributed by atoms with Crippen molar-refractivity contribution in [1.82, 2.24) is 9.88 Å². The number of halogens is 1. The number of hydrogen-bond donors (Lipinski definition) is 2. The predicted octanol–water partition coefficient (Wildman–Crippen LogP) is 3.96. The molecular formula is C21H20BrN3O3. The number of carbonyl (C=O) groups excluding carboxylic acids is 2. The summed E-state index contributed by atoms with van der Waals surface area (Å²) in [5, 5.41) is 3.88. The minimum absolute atomic E-state index is 0.0382. The second-order valence-electron chi connectivity index (χ2n) is 6.70. The molecule has 0 aliphatic carbocycles. The van der Waals surface area contributed by atoms with E-state index in [0.29, 0.717) is 43.2 Å². The molecule has 7 heteroatoms. The van der Waals surface area contributed by atoms with E-state index in [-0.39, 0.29) is 11.8 Å². The van der Waals surface area contributed by atoms with E-state index in [0.717, 1.165) is 20.9 Å². The lowest BCUT2D eigenvalue weighted by Gasteiger charge is -2.27. The molecule has 1 saturated heterocycles. The summed E-state index contributed by atoms with van der Waals surface area (Å²) in [6.07, 6.45) is 0. The zero-order chi connectivity index (χ0) is 19.7. The first-order valence-corrected chi connectivity index (χ1v) is 9.90. The molecule has 2 aromatic carbocycles. The molecule has 0 bridgehead atoms. The Hall–Kier alpha value is -2.64. The third-order valence-electron chi connectivity index (χ3n) is 4.98. The predicted molar refractivity (Wildman–Crippen MR) is 112 cm³/mol. The number of hydrogen-bond acceptors (Lipinski definition) is 3. The van der Waals surface area contributed by atoms with Gasteiger partial charge >= 0.3 is 0 Å². The topological polar surface area (TPSA) is 74.4 Å². The molecule has 0 radical (unpaired) electrons. The van der Waals surface area contributed by atoms with Crippen LogP contribution in [0, 0.1) is 6.92 Å². The quantitative estimate of drug-likeness (QED) is 0.645. The number of carbonyl (C=O) groups is 2. The summed E-state index contributed by atoms with van der Waals surface area (Å²) in [4.78, 5) is 30.6. The van der Waals surface area contributed by atoms with E-state index >= 15 is 0 Å². The molecule has 144 valence electrons. The van der Waals surface area contributed by atoms with Gasteiger partial charge < -0.3 is 19.9 Å². The van der Waals surface area contributed by atoms with Crippen molar-refractivity contribution in [2.24, 2.45) is 0 Å². The van der Waals surface area contributed by atoms with Crippen LogP contribution in [0.4, 0.5) is 5.69 Å². The van der Waals surface area contributed by atoms with Crippen molar-refractivity contribution >= 4 is 44.3 Å². The van der Waals surface area contributed by atoms with Crippen LogP contribution in [0.15, 0.2) is 46.9 Å². The van der Waals surface area contributed by atoms with Gasteiger partial charge in [-0.15, -0.1) is 0 Å². The van der Waals surface area contributed by atoms with Crippen LogP contribution in [0.1, 0.15) is 26.4 Å². The molecule has 0 unspecified atom stereocenters. The number of ether oxygens (including phenoxy) is 1. The minimum atomic E-state index is -0.262. The lowest BCUT2D eigenvalue weighted by atomic mass is 10.0. The van der Waals surface area contributed by atoms with Gasteiger partial charge in [0.2, 0.25) is 0 Å². The summed E-state index contributed by atoms with van der Waals surface area (Å²) in [6.45, 7) is 4.11. The Bertz CT molecular complexity index is 1050. The Kier molecular flexibility index (Phi) is 5.19. The van der Waals surface area contributed by atoms with E-state index in [1.165, 1.54) is 0 Å². The van der Waals surface area contributed by atoms with Crippen molar-refractivity contribution in [3.63, 3.8) is 0 Å². The number of benzene rings is 2. The summed E-state index contributed by atoms with van der Waals surface area (Å²) >= 11 is 3.51. The van der Waals surface area contributed by atoms with Gasteiger partial charge in [-0.05, 0) is 46.6 Å². The number of nitrogens with one attached hydrogen (secondary N) is 2. The van der Waals surface area contributed by atoms with Crippen LogP contribution in [0.3, 0.4) is 0 Å². The van der Waals surface area contributed by atoms with Crippen LogP contribution in [0.25, 0.3) is 10.9 Å². The van der Waals surface area contributed by atoms with E-state index in [9.17, 15) is 9.59 Å². The molecule has 1 aliphatic heterocycles. The van der Waals surface area contributed by atoms with Crippen molar-refractivity contribution in [2.75, 3.05) is 31.6 Å². The maximum Gasteiger partial charge on any atom is 0.273 e. The van der Waals surface area contributed by atoms with E-state index in [4.69, 9.17) is 4.74 Å². The summed E-state index contributed by atoms with van der Waals surface area (Å²) in [7, 11) is 0. The Morgan fingerprint density at radius 2 is 1.86 bits per heavy atom. The van der Waals surface area contributed by atoms with Crippen molar-refractivity contribution in [3.05, 3.63) is 63.8 Å². The molecule has 6 nitrogen and oxygen atoms in total. The van der Waals surface area contributed by atoms with Gasteiger partial charge in [0.1, 0.15) is 5.69 Å². The van der Waals surface area contributed by atoms with E-state index in [1.807, 2.05) is 31.2 Å². The smallest absolute Gasteiger partial charge is 0.273 e. The van der Waals surface area contributed by atoms with Crippen LogP contribution in [0.2, 0.25) is 0 Å². The van der Waals surface area contributed by atoms with E-state index < -0.39 is 0 Å². The van der Waals surface area contributed by atoms with Crippen LogP contribution in [-0.2, 0) is 4.74 Å². The van der Waals surface area contributed by atoms with Gasteiger partial charge in [-0.1, -0.05) is 24.3 Å². The SMILES string of the molecule is Cc1c(NC(=O)c2[nH]c3ccccc3c2Br)cccc1C(=O)N1CCOCC1. The highest BCUT2D eigenvalue weighted by molar-refractivity contribution is 9.10. The number of morpholine rings is 1. The second-order valence-corrected chi connectivity index (χ2v) is 7.49. The maximum absolute atomic E-state index is 12.9. The van der Waals surface area contributed by atoms with Crippen molar-refractivity contribution in [3.8, 4) is 0 Å². The standard InChI is InChI=1S/C21H20BrN3O3/c1-13-14(21(27)25-9-11-28-12-10-25)6-4-8-16(13)24-20(26)19-18(22)15-5-2-3-7-17(15)23-19/h2-8,23H,9-12H2,1H3,(H,24,26). The number of aromatic nitrogens is 1. The Labute approximate surface area is 171 Å². The monoisotopic (exact) mass is 441 g/mol. The summed E-state index contributed by atoms with van der Waals surface area (Å²) in [5.74, 6) is -0.300. The zero-order valence-corrected chi connectivity index (χ0v) is 17.0. The lowest BCUT2D eigenvalue weighted by molar-refractivity contribution is 0.0302. The molecule has 0 saturated carbocycles. The van der Waals surface area contributed by atoms with E-state index in [1.54, 1.807) is 23.1 Å². The molecule has 2 heterocycles. The maximum atomic E-state index is 12.9. The minimum Gasteiger partial charge on any atom is -0.378 e. The number of nitrogens with zero attached hydrogens (tertiary/aromatic N) is 1. The fourth-order valence-electron chi connectivity index (χ4n) is 3.39. The Morgan fingerprint density at radius 3 is 2.61 bits per heavy atom. The molecule has 0 spiro atoms. The highest BCUT2D eigenvalue weighted by Gasteiger charge is 2.22. The van der Waals surface area contributed by atoms with Crippen molar-refractivity contribution in [1.29, 1.82) is 0 Å². The van der Waals surface area contributed by atoms with Gasteiger partial charge in [0, 0.05) is 35.2 Å². The summed E-state index contributed by atoms with van der Waals surface area (Å²) < 4.78 is 6.04. The van der Waals surface area contributed by atoms with Crippen LogP contribution in [0.5, 0.6) is 0 Å². The van der Waals surface area contributed by atoms with E-state index in [2.05, 4.69) is 26.2 Å². The Morgan fingerprint density at radius 1 is 1.11 bits per heavy atom. The first-order valence-electron chi connectivity index (χ1n) is 9.10. The molecule has 0 atom stereocenters. The first kappa shape index (κ1) is 18.7. The number of anilines is 1. The first-order chi connectivity index (χ1) is 13.6. The van der Waals surface area contributed by atoms with Gasteiger partial charge in [-0.25, -0.2) is 0 Å².